The van der Waals surface area contributed by atoms with Gasteiger partial charge < -0.3 is 58.9 Å². The van der Waals surface area contributed by atoms with Crippen molar-refractivity contribution in [3.8, 4) is 0 Å². The van der Waals surface area contributed by atoms with Gasteiger partial charge in [-0.05, 0) is 40.0 Å². The zero-order valence-corrected chi connectivity index (χ0v) is 30.3. The van der Waals surface area contributed by atoms with E-state index >= 15 is 0 Å². The first-order chi connectivity index (χ1) is 23.7. The molecule has 23 heteroatoms. The van der Waals surface area contributed by atoms with Gasteiger partial charge >= 0.3 is 11.9 Å². The van der Waals surface area contributed by atoms with Crippen LogP contribution in [0.15, 0.2) is 4.99 Å². The van der Waals surface area contributed by atoms with E-state index in [-0.39, 0.29) is 43.3 Å². The standard InChI is InChI=1S/C28H48N10O11S2/c1-12(32-15(4)39)21(42)35-17(7-8-20(40)41)24(45)38-18(10-50)25(46)33-13(2)22(43)37-19(11-51)26(47)36-16(6-5-9-31-28(29)30)23(44)34-14(3)27(48)49/h12-14,16-19,50-51H,5-11H2,1-4H3,(H,32,39)(H,33,46)(H,34,44)(H,35,42)(H,36,47)(H,37,43)(H,38,45)(H,40,41)(H,48,49)(H4,29,30,31)/t12-,13-,14-,16-,17-,18-,19-/m0/s1. The zero-order chi connectivity index (χ0) is 39.4. The van der Waals surface area contributed by atoms with Crippen molar-refractivity contribution in [2.45, 2.75) is 95.7 Å². The van der Waals surface area contributed by atoms with Crippen LogP contribution < -0.4 is 48.7 Å². The highest BCUT2D eigenvalue weighted by Gasteiger charge is 2.31. The van der Waals surface area contributed by atoms with Crippen molar-refractivity contribution in [1.29, 1.82) is 0 Å². The van der Waals surface area contributed by atoms with E-state index in [4.69, 9.17) is 21.7 Å². The molecule has 7 atom stereocenters. The highest BCUT2D eigenvalue weighted by molar-refractivity contribution is 7.80. The summed E-state index contributed by atoms with van der Waals surface area (Å²) < 4.78 is 0. The lowest BCUT2D eigenvalue weighted by atomic mass is 10.1. The number of aliphatic carboxylic acids is 2. The summed E-state index contributed by atoms with van der Waals surface area (Å²) in [6.45, 7) is 5.11. The number of hydrogen-bond acceptors (Lipinski definition) is 12. The lowest BCUT2D eigenvalue weighted by Crippen LogP contribution is -2.60. The highest BCUT2D eigenvalue weighted by atomic mass is 32.1. The Morgan fingerprint density at radius 1 is 0.588 bits per heavy atom. The molecule has 0 aliphatic carbocycles. The third kappa shape index (κ3) is 18.7. The van der Waals surface area contributed by atoms with Gasteiger partial charge in [0.1, 0.15) is 42.3 Å². The Morgan fingerprint density at radius 3 is 1.45 bits per heavy atom. The van der Waals surface area contributed by atoms with E-state index in [1.165, 1.54) is 27.7 Å². The second kappa shape index (κ2) is 23.6. The van der Waals surface area contributed by atoms with Crippen LogP contribution in [0.3, 0.4) is 0 Å². The van der Waals surface area contributed by atoms with Crippen LogP contribution in [-0.4, -0.2) is 130 Å². The Bertz CT molecular complexity index is 1320. The van der Waals surface area contributed by atoms with Gasteiger partial charge in [-0.15, -0.1) is 0 Å². The van der Waals surface area contributed by atoms with Crippen LogP contribution in [0.5, 0.6) is 0 Å². The third-order valence-electron chi connectivity index (χ3n) is 6.78. The molecule has 0 spiro atoms. The molecule has 0 aromatic carbocycles. The number of aliphatic imine (C=N–C) groups is 1. The number of rotatable bonds is 23. The molecule has 0 aliphatic rings. The van der Waals surface area contributed by atoms with Gasteiger partial charge in [0.2, 0.25) is 41.4 Å². The molecule has 288 valence electrons. The molecule has 0 rings (SSSR count). The summed E-state index contributed by atoms with van der Waals surface area (Å²) in [4.78, 5) is 115. The monoisotopic (exact) mass is 764 g/mol. The molecule has 0 aromatic rings. The lowest BCUT2D eigenvalue weighted by Gasteiger charge is -2.25. The number of carbonyl (C=O) groups excluding carboxylic acids is 7. The summed E-state index contributed by atoms with van der Waals surface area (Å²) >= 11 is 8.15. The van der Waals surface area contributed by atoms with Gasteiger partial charge in [-0.3, -0.25) is 48.1 Å². The number of amides is 7. The number of thiol groups is 2. The predicted molar refractivity (Wildman–Crippen MR) is 188 cm³/mol. The van der Waals surface area contributed by atoms with Crippen molar-refractivity contribution in [3.63, 3.8) is 0 Å². The van der Waals surface area contributed by atoms with Gasteiger partial charge in [-0.25, -0.2) is 0 Å². The predicted octanol–water partition coefficient (Wildman–Crippen LogP) is -4.68. The molecular formula is C28H48N10O11S2. The Morgan fingerprint density at radius 2 is 0.980 bits per heavy atom. The minimum absolute atomic E-state index is 0.00754. The van der Waals surface area contributed by atoms with Crippen LogP contribution in [0.2, 0.25) is 0 Å². The summed E-state index contributed by atoms with van der Waals surface area (Å²) in [5, 5.41) is 34.6. The van der Waals surface area contributed by atoms with Crippen molar-refractivity contribution >= 4 is 84.5 Å². The number of nitrogens with one attached hydrogen (secondary N) is 7. The molecule has 0 fully saturated rings. The Hall–Kier alpha value is -4.80. The lowest BCUT2D eigenvalue weighted by molar-refractivity contribution is -0.142. The first-order valence-electron chi connectivity index (χ1n) is 15.5. The minimum Gasteiger partial charge on any atom is -0.481 e. The zero-order valence-electron chi connectivity index (χ0n) is 28.6. The van der Waals surface area contributed by atoms with Crippen molar-refractivity contribution in [2.75, 3.05) is 18.1 Å². The van der Waals surface area contributed by atoms with Crippen LogP contribution in [0.25, 0.3) is 0 Å². The molecule has 0 unspecified atom stereocenters. The maximum Gasteiger partial charge on any atom is 0.325 e. The van der Waals surface area contributed by atoms with E-state index in [1.807, 2.05) is 0 Å². The van der Waals surface area contributed by atoms with Crippen molar-refractivity contribution < 1.29 is 53.4 Å². The molecule has 13 N–H and O–H groups in total. The molecule has 0 aromatic heterocycles. The quantitative estimate of drug-likeness (QED) is 0.0202. The van der Waals surface area contributed by atoms with Crippen molar-refractivity contribution in [3.05, 3.63) is 0 Å². The average Bonchev–Trinajstić information content (AvgIpc) is 3.04. The van der Waals surface area contributed by atoms with E-state index < -0.39 is 102 Å². The molecule has 0 heterocycles. The van der Waals surface area contributed by atoms with E-state index in [0.29, 0.717) is 0 Å². The Kier molecular flexibility index (Phi) is 21.4. The smallest absolute Gasteiger partial charge is 0.325 e. The summed E-state index contributed by atoms with van der Waals surface area (Å²) in [6, 6.07) is -9.01. The fourth-order valence-electron chi connectivity index (χ4n) is 3.96. The van der Waals surface area contributed by atoms with Gasteiger partial charge in [0, 0.05) is 31.4 Å². The van der Waals surface area contributed by atoms with Crippen LogP contribution in [0, 0.1) is 0 Å². The SMILES string of the molecule is CC(=O)N[C@@H](C)C(=O)N[C@@H](CCC(=O)O)C(=O)N[C@@H](CS)C(=O)N[C@@H](C)C(=O)N[C@@H](CS)C(=O)N[C@@H](CCCN=C(N)N)C(=O)N[C@@H](C)C(=O)O. The van der Waals surface area contributed by atoms with E-state index in [1.54, 1.807) is 0 Å². The highest BCUT2D eigenvalue weighted by Crippen LogP contribution is 2.04. The second-order valence-corrected chi connectivity index (χ2v) is 11.9. The largest absolute Gasteiger partial charge is 0.481 e. The number of nitrogens with zero attached hydrogens (tertiary/aromatic N) is 1. The maximum absolute atomic E-state index is 13.1. The van der Waals surface area contributed by atoms with Crippen LogP contribution in [0.1, 0.15) is 53.4 Å². The summed E-state index contributed by atoms with van der Waals surface area (Å²) in [7, 11) is 0. The van der Waals surface area contributed by atoms with Gasteiger partial charge in [-0.1, -0.05) is 0 Å². The molecule has 0 radical (unpaired) electrons. The fraction of sp³-hybridized carbons (Fsp3) is 0.643. The maximum atomic E-state index is 13.1. The van der Waals surface area contributed by atoms with Gasteiger partial charge in [0.25, 0.3) is 0 Å². The van der Waals surface area contributed by atoms with Crippen LogP contribution >= 0.6 is 25.3 Å². The normalized spacial score (nSPS) is 14.7. The number of nitrogens with two attached hydrogens (primary N) is 2. The summed E-state index contributed by atoms with van der Waals surface area (Å²) in [5.74, 6) is -9.01. The van der Waals surface area contributed by atoms with Gasteiger partial charge in [0.05, 0.1) is 0 Å². The van der Waals surface area contributed by atoms with Crippen LogP contribution in [-0.2, 0) is 43.2 Å². The van der Waals surface area contributed by atoms with E-state index in [0.717, 1.165) is 0 Å². The van der Waals surface area contributed by atoms with E-state index in [9.17, 15) is 43.2 Å². The average molecular weight is 765 g/mol. The summed E-state index contributed by atoms with van der Waals surface area (Å²) in [5.41, 5.74) is 10.6. The third-order valence-corrected chi connectivity index (χ3v) is 7.51. The number of carboxylic acids is 2. The molecular weight excluding hydrogens is 717 g/mol. The molecule has 7 amide bonds. The minimum atomic E-state index is -1.42. The number of carbonyl (C=O) groups is 9. The van der Waals surface area contributed by atoms with Crippen molar-refractivity contribution in [1.82, 2.24) is 37.2 Å². The molecule has 0 aliphatic heterocycles. The first-order valence-corrected chi connectivity index (χ1v) is 16.8. The molecule has 51 heavy (non-hydrogen) atoms. The Balaban J connectivity index is 5.59. The molecule has 0 bridgehead atoms. The fourth-order valence-corrected chi connectivity index (χ4v) is 4.48. The summed E-state index contributed by atoms with van der Waals surface area (Å²) in [6.07, 6.45) is -0.673. The second-order valence-electron chi connectivity index (χ2n) is 11.2. The molecule has 0 saturated carbocycles. The molecule has 21 nitrogen and oxygen atoms in total. The Labute approximate surface area is 304 Å². The van der Waals surface area contributed by atoms with Crippen molar-refractivity contribution in [2.24, 2.45) is 16.5 Å². The number of hydrogen-bond donors (Lipinski definition) is 13. The molecule has 0 saturated heterocycles. The number of guanidine groups is 1. The van der Waals surface area contributed by atoms with Gasteiger partial charge in [-0.2, -0.15) is 25.3 Å². The first kappa shape index (κ1) is 46.2. The topological polar surface area (TPSA) is 343 Å². The van der Waals surface area contributed by atoms with Gasteiger partial charge in [0.15, 0.2) is 5.96 Å². The van der Waals surface area contributed by atoms with E-state index in [2.05, 4.69) is 67.5 Å². The number of carboxylic acid groups (broad SMARTS) is 2. The van der Waals surface area contributed by atoms with Crippen LogP contribution in [0.4, 0.5) is 0 Å².